The van der Waals surface area contributed by atoms with E-state index in [2.05, 4.69) is 36.4 Å². The number of hydrogen-bond donors (Lipinski definition) is 0. The molecule has 1 aliphatic carbocycles. The molecule has 0 radical (unpaired) electrons. The third kappa shape index (κ3) is 1.80. The van der Waals surface area contributed by atoms with Crippen LogP contribution in [0.15, 0.2) is 30.3 Å². The second kappa shape index (κ2) is 4.52. The monoisotopic (exact) mass is 388 g/mol. The normalized spacial score (nSPS) is 18.4. The average molecular weight is 388 g/mol. The molecule has 12 heavy (non-hydrogen) atoms. The molecular formula is C10H9BrHf. The van der Waals surface area contributed by atoms with E-state index < -0.39 is 0 Å². The molecule has 0 amide bonds. The number of hydrogen-bond acceptors (Lipinski definition) is 0. The Morgan fingerprint density at radius 2 is 2.00 bits per heavy atom. The topological polar surface area (TPSA) is 0 Å². The third-order valence-corrected chi connectivity index (χ3v) is 3.70. The zero-order chi connectivity index (χ0) is 7.68. The molecule has 0 N–H and O–H groups in total. The third-order valence-electron chi connectivity index (χ3n) is 2.12. The van der Waals surface area contributed by atoms with Crippen LogP contribution in [0.4, 0.5) is 0 Å². The molecule has 0 saturated heterocycles. The fraction of sp³-hybridized carbons (Fsp3) is 0.200. The van der Waals surface area contributed by atoms with E-state index in [9.17, 15) is 0 Å². The van der Waals surface area contributed by atoms with E-state index in [0.29, 0.717) is 0 Å². The van der Waals surface area contributed by atoms with Gasteiger partial charge in [0.25, 0.3) is 0 Å². The number of halogens is 1. The van der Waals surface area contributed by atoms with E-state index in [1.807, 2.05) is 0 Å². The number of fused-ring (bicyclic) bond motifs is 1. The predicted octanol–water partition coefficient (Wildman–Crippen LogP) is -0.234. The van der Waals surface area contributed by atoms with Crippen molar-refractivity contribution < 1.29 is 41.4 Å². The Morgan fingerprint density at radius 1 is 1.25 bits per heavy atom. The molecule has 0 heterocycles. The summed E-state index contributed by atoms with van der Waals surface area (Å²) in [5.41, 5.74) is 2.95. The molecule has 2 heteroatoms. The number of allylic oxidation sites excluding steroid dienone is 1. The van der Waals surface area contributed by atoms with Crippen LogP contribution < -0.4 is 17.0 Å². The molecule has 0 aromatic heterocycles. The summed E-state index contributed by atoms with van der Waals surface area (Å²) >= 11 is 1.30. The zero-order valence-corrected chi connectivity index (χ0v) is 11.8. The Kier molecular flexibility index (Phi) is 3.91. The van der Waals surface area contributed by atoms with Crippen LogP contribution in [-0.2, 0) is 24.4 Å². The Morgan fingerprint density at radius 3 is 2.75 bits per heavy atom. The molecule has 1 atom stereocenters. The number of benzene rings is 1. The summed E-state index contributed by atoms with van der Waals surface area (Å²) in [4.78, 5) is 0. The standard InChI is InChI=1S/C10H9.BrH.Hf/c1-8-6-7-9-4-2-3-5-10(8)9;;/h2-8H,1H2;1H;/q;;+1/p-1. The van der Waals surface area contributed by atoms with Gasteiger partial charge in [-0.3, -0.25) is 0 Å². The first-order valence-corrected chi connectivity index (χ1v) is 6.37. The van der Waals surface area contributed by atoms with Crippen LogP contribution >= 0.6 is 0 Å². The summed E-state index contributed by atoms with van der Waals surface area (Å²) in [6.45, 7) is 0. The minimum absolute atomic E-state index is 0. The fourth-order valence-electron chi connectivity index (χ4n) is 1.50. The first-order chi connectivity index (χ1) is 5.42. The SMILES string of the molecule is [Br-].[Hf+][CH2]C1C=Cc2ccccc21. The van der Waals surface area contributed by atoms with Crippen LogP contribution in [0.1, 0.15) is 17.0 Å². The van der Waals surface area contributed by atoms with Crippen molar-refractivity contribution in [2.75, 3.05) is 0 Å². The molecular weight excluding hydrogens is 379 g/mol. The maximum absolute atomic E-state index is 2.33. The summed E-state index contributed by atoms with van der Waals surface area (Å²) in [6, 6.07) is 8.69. The van der Waals surface area contributed by atoms with Crippen LogP contribution in [0.5, 0.6) is 0 Å². The molecule has 1 unspecified atom stereocenters. The van der Waals surface area contributed by atoms with E-state index in [4.69, 9.17) is 0 Å². The molecule has 0 aliphatic heterocycles. The van der Waals surface area contributed by atoms with Gasteiger partial charge in [0.2, 0.25) is 0 Å². The van der Waals surface area contributed by atoms with Gasteiger partial charge in [-0.1, -0.05) is 0 Å². The Balaban J connectivity index is 0.000000720. The van der Waals surface area contributed by atoms with Crippen molar-refractivity contribution in [1.29, 1.82) is 0 Å². The molecule has 60 valence electrons. The van der Waals surface area contributed by atoms with E-state index >= 15 is 0 Å². The van der Waals surface area contributed by atoms with Gasteiger partial charge in [0, 0.05) is 0 Å². The predicted molar refractivity (Wildman–Crippen MR) is 43.0 cm³/mol. The van der Waals surface area contributed by atoms with Crippen molar-refractivity contribution in [1.82, 2.24) is 0 Å². The Labute approximate surface area is 98.4 Å². The van der Waals surface area contributed by atoms with E-state index in [0.717, 1.165) is 5.92 Å². The summed E-state index contributed by atoms with van der Waals surface area (Å²) in [5.74, 6) is 0.734. The van der Waals surface area contributed by atoms with Gasteiger partial charge >= 0.3 is 82.0 Å². The van der Waals surface area contributed by atoms with Gasteiger partial charge in [0.05, 0.1) is 0 Å². The molecule has 2 rings (SSSR count). The number of rotatable bonds is 1. The van der Waals surface area contributed by atoms with Gasteiger partial charge in [-0.25, -0.2) is 0 Å². The summed E-state index contributed by atoms with van der Waals surface area (Å²) < 4.78 is 1.35. The molecule has 0 nitrogen and oxygen atoms in total. The maximum atomic E-state index is 2.33. The molecule has 0 fully saturated rings. The first kappa shape index (κ1) is 10.4. The van der Waals surface area contributed by atoms with Crippen LogP contribution in [0.25, 0.3) is 6.08 Å². The Bertz CT molecular complexity index is 294. The van der Waals surface area contributed by atoms with Gasteiger partial charge in [-0.15, -0.1) is 0 Å². The van der Waals surface area contributed by atoms with Gasteiger partial charge in [0.1, 0.15) is 0 Å². The van der Waals surface area contributed by atoms with Gasteiger partial charge in [-0.05, 0) is 0 Å². The van der Waals surface area contributed by atoms with Gasteiger partial charge < -0.3 is 17.0 Å². The molecule has 1 aliphatic rings. The second-order valence-corrected chi connectivity index (χ2v) is 4.27. The van der Waals surface area contributed by atoms with Crippen molar-refractivity contribution in [2.24, 2.45) is 0 Å². The first-order valence-electron chi connectivity index (χ1n) is 3.83. The van der Waals surface area contributed by atoms with Crippen molar-refractivity contribution >= 4 is 6.08 Å². The van der Waals surface area contributed by atoms with E-state index in [-0.39, 0.29) is 17.0 Å². The fourth-order valence-corrected chi connectivity index (χ4v) is 2.78. The van der Waals surface area contributed by atoms with Crippen LogP contribution in [-0.4, -0.2) is 0 Å². The van der Waals surface area contributed by atoms with Crippen LogP contribution in [0.2, 0.25) is 4.18 Å². The van der Waals surface area contributed by atoms with Crippen molar-refractivity contribution in [3.05, 3.63) is 41.5 Å². The molecule has 1 aromatic rings. The summed E-state index contributed by atoms with van der Waals surface area (Å²) in [6.07, 6.45) is 4.58. The van der Waals surface area contributed by atoms with Crippen molar-refractivity contribution in [2.45, 2.75) is 10.1 Å². The van der Waals surface area contributed by atoms with Crippen LogP contribution in [0, 0.1) is 0 Å². The second-order valence-electron chi connectivity index (χ2n) is 2.80. The quantitative estimate of drug-likeness (QED) is 0.584. The van der Waals surface area contributed by atoms with Crippen LogP contribution in [0.3, 0.4) is 0 Å². The Hall–Kier alpha value is 0.310. The molecule has 1 aromatic carbocycles. The minimum atomic E-state index is 0. The summed E-state index contributed by atoms with van der Waals surface area (Å²) in [7, 11) is 0. The zero-order valence-electron chi connectivity index (χ0n) is 6.63. The van der Waals surface area contributed by atoms with Crippen molar-refractivity contribution in [3.63, 3.8) is 0 Å². The average Bonchev–Trinajstić information content (AvgIpc) is 2.47. The van der Waals surface area contributed by atoms with Gasteiger partial charge in [-0.2, -0.15) is 0 Å². The van der Waals surface area contributed by atoms with E-state index in [1.54, 1.807) is 0 Å². The summed E-state index contributed by atoms with van der Waals surface area (Å²) in [5, 5.41) is 0. The van der Waals surface area contributed by atoms with Crippen molar-refractivity contribution in [3.8, 4) is 0 Å². The molecule has 0 bridgehead atoms. The molecule has 0 spiro atoms. The van der Waals surface area contributed by atoms with Gasteiger partial charge in [0.15, 0.2) is 0 Å². The molecule has 0 saturated carbocycles. The van der Waals surface area contributed by atoms with E-state index in [1.165, 1.54) is 39.7 Å².